The average molecular weight is 441 g/mol. The monoisotopic (exact) mass is 440 g/mol. The molecule has 0 saturated carbocycles. The fourth-order valence-electron chi connectivity index (χ4n) is 2.65. The van der Waals surface area contributed by atoms with Crippen LogP contribution < -0.4 is 10.6 Å². The largest absolute Gasteiger partial charge is 0.375 e. The van der Waals surface area contributed by atoms with Crippen molar-refractivity contribution < 1.29 is 13.2 Å². The highest BCUT2D eigenvalue weighted by Gasteiger charge is 2.19. The molecule has 1 amide bonds. The first-order valence-electron chi connectivity index (χ1n) is 8.81. The van der Waals surface area contributed by atoms with Crippen molar-refractivity contribution in [2.24, 2.45) is 0 Å². The molecule has 0 aromatic heterocycles. The Morgan fingerprint density at radius 1 is 1.18 bits per heavy atom. The van der Waals surface area contributed by atoms with Gasteiger partial charge in [0.05, 0.1) is 17.3 Å². The molecule has 0 radical (unpaired) electrons. The zero-order chi connectivity index (χ0) is 20.7. The van der Waals surface area contributed by atoms with Crippen LogP contribution in [0.15, 0.2) is 41.3 Å². The molecule has 8 heteroatoms. The maximum absolute atomic E-state index is 12.0. The second kappa shape index (κ2) is 10.2. The van der Waals surface area contributed by atoms with Gasteiger partial charge < -0.3 is 10.6 Å². The first-order chi connectivity index (χ1) is 13.2. The molecule has 0 heterocycles. The lowest BCUT2D eigenvalue weighted by Gasteiger charge is -2.14. The minimum absolute atomic E-state index is 0.0234. The van der Waals surface area contributed by atoms with Gasteiger partial charge in [0.2, 0.25) is 5.91 Å². The van der Waals surface area contributed by atoms with E-state index in [1.807, 2.05) is 6.07 Å². The van der Waals surface area contributed by atoms with Crippen molar-refractivity contribution in [1.82, 2.24) is 5.32 Å². The van der Waals surface area contributed by atoms with Gasteiger partial charge in [0.25, 0.3) is 0 Å². The Balaban J connectivity index is 1.79. The van der Waals surface area contributed by atoms with Crippen molar-refractivity contribution in [3.63, 3.8) is 0 Å². The van der Waals surface area contributed by atoms with Crippen molar-refractivity contribution >= 4 is 44.8 Å². The van der Waals surface area contributed by atoms with Gasteiger partial charge in [-0.1, -0.05) is 47.5 Å². The topological polar surface area (TPSA) is 75.3 Å². The van der Waals surface area contributed by atoms with E-state index in [9.17, 15) is 13.2 Å². The van der Waals surface area contributed by atoms with Crippen LogP contribution in [0.3, 0.4) is 0 Å². The highest BCUT2D eigenvalue weighted by atomic mass is 35.5. The van der Waals surface area contributed by atoms with Crippen molar-refractivity contribution in [2.75, 3.05) is 30.4 Å². The lowest BCUT2D eigenvalue weighted by Crippen LogP contribution is -2.31. The second-order valence-corrected chi connectivity index (χ2v) is 10.0. The van der Waals surface area contributed by atoms with Crippen molar-refractivity contribution in [2.45, 2.75) is 24.5 Å². The van der Waals surface area contributed by atoms with Gasteiger partial charge in [-0.15, -0.1) is 0 Å². The van der Waals surface area contributed by atoms with Gasteiger partial charge in [0.15, 0.2) is 9.84 Å². The first kappa shape index (κ1) is 22.6. The molecule has 2 aromatic rings. The number of aryl methyl sites for hydroxylation is 2. The zero-order valence-electron chi connectivity index (χ0n) is 16.2. The van der Waals surface area contributed by atoms with Crippen molar-refractivity contribution in [3.8, 4) is 0 Å². The van der Waals surface area contributed by atoms with E-state index in [0.29, 0.717) is 17.8 Å². The summed E-state index contributed by atoms with van der Waals surface area (Å²) < 4.78 is 24.1. The fourth-order valence-corrected chi connectivity index (χ4v) is 5.07. The minimum Gasteiger partial charge on any atom is -0.375 e. The zero-order valence-corrected chi connectivity index (χ0v) is 18.6. The van der Waals surface area contributed by atoms with Crippen LogP contribution in [-0.4, -0.2) is 39.4 Å². The number of halogens is 1. The Labute approximate surface area is 176 Å². The van der Waals surface area contributed by atoms with E-state index in [-0.39, 0.29) is 22.4 Å². The SMILES string of the molecule is Cc1cccc(CSCCNC(=O)CNc2ccc(C)c(Cl)c2S(C)(=O)=O)c1. The Hall–Kier alpha value is -1.70. The smallest absolute Gasteiger partial charge is 0.239 e. The van der Waals surface area contributed by atoms with Gasteiger partial charge >= 0.3 is 0 Å². The quantitative estimate of drug-likeness (QED) is 0.580. The second-order valence-electron chi connectivity index (χ2n) is 6.59. The molecule has 0 atom stereocenters. The lowest BCUT2D eigenvalue weighted by atomic mass is 10.2. The third-order valence-electron chi connectivity index (χ3n) is 4.02. The van der Waals surface area contributed by atoms with Gasteiger partial charge in [-0.2, -0.15) is 11.8 Å². The maximum atomic E-state index is 12.0. The van der Waals surface area contributed by atoms with E-state index >= 15 is 0 Å². The molecule has 0 aliphatic heterocycles. The molecule has 0 spiro atoms. The number of amides is 1. The van der Waals surface area contributed by atoms with Crippen molar-refractivity contribution in [3.05, 3.63) is 58.1 Å². The Morgan fingerprint density at radius 3 is 2.61 bits per heavy atom. The van der Waals surface area contributed by atoms with Gasteiger partial charge in [0.1, 0.15) is 4.90 Å². The average Bonchev–Trinajstić information content (AvgIpc) is 2.61. The molecule has 0 aliphatic rings. The van der Waals surface area contributed by atoms with Crippen molar-refractivity contribution in [1.29, 1.82) is 0 Å². The number of hydrogen-bond acceptors (Lipinski definition) is 5. The Bertz CT molecular complexity index is 946. The predicted molar refractivity (Wildman–Crippen MR) is 118 cm³/mol. The molecule has 0 fully saturated rings. The molecule has 28 heavy (non-hydrogen) atoms. The number of benzene rings is 2. The molecule has 0 unspecified atom stereocenters. The van der Waals surface area contributed by atoms with Crippen LogP contribution in [0.25, 0.3) is 0 Å². The van der Waals surface area contributed by atoms with Crippen LogP contribution in [0.5, 0.6) is 0 Å². The molecule has 5 nitrogen and oxygen atoms in total. The molecule has 0 saturated heterocycles. The molecular formula is C20H25ClN2O3S2. The fraction of sp³-hybridized carbons (Fsp3) is 0.350. The molecular weight excluding hydrogens is 416 g/mol. The van der Waals surface area contributed by atoms with Crippen LogP contribution in [0.1, 0.15) is 16.7 Å². The Morgan fingerprint density at radius 2 is 1.93 bits per heavy atom. The summed E-state index contributed by atoms with van der Waals surface area (Å²) >= 11 is 7.90. The number of carbonyl (C=O) groups excluding carboxylic acids is 1. The van der Waals surface area contributed by atoms with Gasteiger partial charge in [0, 0.05) is 24.3 Å². The number of carbonyl (C=O) groups is 1. The van der Waals surface area contributed by atoms with E-state index in [4.69, 9.17) is 11.6 Å². The molecule has 152 valence electrons. The predicted octanol–water partition coefficient (Wildman–Crippen LogP) is 3.82. The summed E-state index contributed by atoms with van der Waals surface area (Å²) in [5, 5.41) is 5.89. The third-order valence-corrected chi connectivity index (χ3v) is 6.82. The molecule has 2 rings (SSSR count). The molecule has 0 aliphatic carbocycles. The van der Waals surface area contributed by atoms with Crippen LogP contribution >= 0.6 is 23.4 Å². The maximum Gasteiger partial charge on any atom is 0.239 e. The summed E-state index contributed by atoms with van der Waals surface area (Å²) in [6, 6.07) is 11.7. The first-order valence-corrected chi connectivity index (χ1v) is 12.2. The summed E-state index contributed by atoms with van der Waals surface area (Å²) in [5.74, 6) is 1.49. The molecule has 2 aromatic carbocycles. The van der Waals surface area contributed by atoms with Gasteiger partial charge in [-0.05, 0) is 31.0 Å². The van der Waals surface area contributed by atoms with Gasteiger partial charge in [-0.3, -0.25) is 4.79 Å². The molecule has 2 N–H and O–H groups in total. The van der Waals surface area contributed by atoms with E-state index in [1.165, 1.54) is 11.1 Å². The number of anilines is 1. The summed E-state index contributed by atoms with van der Waals surface area (Å²) in [5.41, 5.74) is 3.51. The van der Waals surface area contributed by atoms with E-state index in [0.717, 1.165) is 17.8 Å². The van der Waals surface area contributed by atoms with Crippen LogP contribution in [0.2, 0.25) is 5.02 Å². The van der Waals surface area contributed by atoms with Crippen LogP contribution in [-0.2, 0) is 20.4 Å². The normalized spacial score (nSPS) is 11.3. The van der Waals surface area contributed by atoms with E-state index in [1.54, 1.807) is 30.8 Å². The highest BCUT2D eigenvalue weighted by Crippen LogP contribution is 2.32. The molecule has 0 bridgehead atoms. The number of rotatable bonds is 9. The summed E-state index contributed by atoms with van der Waals surface area (Å²) in [7, 11) is -3.52. The van der Waals surface area contributed by atoms with Gasteiger partial charge in [-0.25, -0.2) is 8.42 Å². The van der Waals surface area contributed by atoms with Crippen LogP contribution in [0, 0.1) is 13.8 Å². The van der Waals surface area contributed by atoms with E-state index in [2.05, 4.69) is 35.8 Å². The number of nitrogens with one attached hydrogen (secondary N) is 2. The number of sulfone groups is 1. The third kappa shape index (κ3) is 6.72. The summed E-state index contributed by atoms with van der Waals surface area (Å²) in [6.45, 7) is 4.33. The standard InChI is InChI=1S/C20H25ClN2O3S2/c1-14-5-4-6-16(11-14)13-27-10-9-22-18(24)12-23-17-8-7-15(2)19(21)20(17)28(3,25)26/h4-8,11,23H,9-10,12-13H2,1-3H3,(H,22,24). The summed E-state index contributed by atoms with van der Waals surface area (Å²) in [4.78, 5) is 12.1. The minimum atomic E-state index is -3.52. The number of hydrogen-bond donors (Lipinski definition) is 2. The summed E-state index contributed by atoms with van der Waals surface area (Å²) in [6.07, 6.45) is 1.10. The lowest BCUT2D eigenvalue weighted by molar-refractivity contribution is -0.119. The van der Waals surface area contributed by atoms with Crippen LogP contribution in [0.4, 0.5) is 5.69 Å². The number of thioether (sulfide) groups is 1. The Kier molecular flexibility index (Phi) is 8.22. The van der Waals surface area contributed by atoms with E-state index < -0.39 is 9.84 Å². The highest BCUT2D eigenvalue weighted by molar-refractivity contribution is 7.98.